The molecule has 2 aromatic rings. The number of ether oxygens (including phenoxy) is 2. The molecule has 5 atom stereocenters. The number of piperidine rings is 1. The zero-order valence-corrected chi connectivity index (χ0v) is 15.8. The maximum absolute atomic E-state index is 12.7. The minimum absolute atomic E-state index is 0.0619. The van der Waals surface area contributed by atoms with Gasteiger partial charge < -0.3 is 9.47 Å². The Balaban J connectivity index is 1.49. The summed E-state index contributed by atoms with van der Waals surface area (Å²) in [5.74, 6) is -1.06. The van der Waals surface area contributed by atoms with Gasteiger partial charge in [0.1, 0.15) is 18.1 Å². The lowest BCUT2D eigenvalue weighted by molar-refractivity contribution is -0.147. The summed E-state index contributed by atoms with van der Waals surface area (Å²) < 4.78 is 11.5. The molecular weight excluding hydrogens is 354 g/mol. The van der Waals surface area contributed by atoms with Crippen LogP contribution in [0.2, 0.25) is 0 Å². The molecule has 0 aromatic heterocycles. The third kappa shape index (κ3) is 2.73. The van der Waals surface area contributed by atoms with Crippen molar-refractivity contribution in [2.45, 2.75) is 44.1 Å². The number of hydrogen-bond acceptors (Lipinski definition) is 5. The summed E-state index contributed by atoms with van der Waals surface area (Å²) in [4.78, 5) is 27.7. The van der Waals surface area contributed by atoms with E-state index in [1.807, 2.05) is 25.1 Å². The van der Waals surface area contributed by atoms with Crippen molar-refractivity contribution in [2.75, 3.05) is 6.54 Å². The summed E-state index contributed by atoms with van der Waals surface area (Å²) in [6, 6.07) is 17.5. The zero-order valence-electron chi connectivity index (χ0n) is 15.8. The molecule has 0 N–H and O–H groups in total. The number of fused-ring (bicyclic) bond motifs is 5. The van der Waals surface area contributed by atoms with E-state index in [0.717, 1.165) is 13.0 Å². The summed E-state index contributed by atoms with van der Waals surface area (Å²) in [5.41, 5.74) is 3.12. The monoisotopic (exact) mass is 377 g/mol. The van der Waals surface area contributed by atoms with E-state index in [-0.39, 0.29) is 30.1 Å². The van der Waals surface area contributed by atoms with Gasteiger partial charge in [-0.2, -0.15) is 0 Å². The summed E-state index contributed by atoms with van der Waals surface area (Å²) in [7, 11) is 0. The Morgan fingerprint density at radius 2 is 1.86 bits per heavy atom. The maximum atomic E-state index is 12.7. The third-order valence-corrected chi connectivity index (χ3v) is 6.38. The molecule has 144 valence electrons. The molecule has 3 aliphatic heterocycles. The molecule has 0 saturated carbocycles. The van der Waals surface area contributed by atoms with Gasteiger partial charge in [0.2, 0.25) is 0 Å². The van der Waals surface area contributed by atoms with Crippen molar-refractivity contribution < 1.29 is 19.1 Å². The standard InChI is InChI=1S/C23H23NO4/c1-14-21-20(23(26)27-14)19(28-22(25)16-8-3-2-4-9-16)13-18-17-10-6-5-7-15(17)11-12-24(18)21/h2-10,14,18-21H,11-13H2,1H3. The highest BCUT2D eigenvalue weighted by atomic mass is 16.6. The van der Waals surface area contributed by atoms with E-state index in [4.69, 9.17) is 9.47 Å². The predicted molar refractivity (Wildman–Crippen MR) is 103 cm³/mol. The van der Waals surface area contributed by atoms with Crippen LogP contribution in [0.4, 0.5) is 0 Å². The number of carbonyl (C=O) groups is 2. The van der Waals surface area contributed by atoms with Gasteiger partial charge >= 0.3 is 11.9 Å². The van der Waals surface area contributed by atoms with Crippen LogP contribution >= 0.6 is 0 Å². The van der Waals surface area contributed by atoms with Crippen molar-refractivity contribution in [2.24, 2.45) is 5.92 Å². The SMILES string of the molecule is CC1OC(=O)C2C(OC(=O)c3ccccc3)CC3c4ccccc4CCN3C12. The van der Waals surface area contributed by atoms with Gasteiger partial charge in [-0.1, -0.05) is 42.5 Å². The highest BCUT2D eigenvalue weighted by molar-refractivity contribution is 5.89. The second-order valence-corrected chi connectivity index (χ2v) is 7.91. The molecule has 3 aliphatic rings. The lowest BCUT2D eigenvalue weighted by atomic mass is 9.77. The van der Waals surface area contributed by atoms with Gasteiger partial charge in [-0.15, -0.1) is 0 Å². The van der Waals surface area contributed by atoms with E-state index in [1.54, 1.807) is 12.1 Å². The highest BCUT2D eigenvalue weighted by Gasteiger charge is 2.57. The molecule has 2 aromatic carbocycles. The second-order valence-electron chi connectivity index (χ2n) is 7.91. The Morgan fingerprint density at radius 3 is 2.68 bits per heavy atom. The zero-order chi connectivity index (χ0) is 19.3. The Kier molecular flexibility index (Phi) is 4.20. The van der Waals surface area contributed by atoms with E-state index in [1.165, 1.54) is 11.1 Å². The molecule has 0 spiro atoms. The molecular formula is C23H23NO4. The number of esters is 2. The normalized spacial score (nSPS) is 31.3. The van der Waals surface area contributed by atoms with Crippen molar-refractivity contribution in [1.82, 2.24) is 4.90 Å². The molecule has 5 nitrogen and oxygen atoms in total. The molecule has 2 fully saturated rings. The summed E-state index contributed by atoms with van der Waals surface area (Å²) in [5, 5.41) is 0. The molecule has 0 amide bonds. The van der Waals surface area contributed by atoms with Gasteiger partial charge in [-0.05, 0) is 36.6 Å². The number of rotatable bonds is 2. The molecule has 3 heterocycles. The number of cyclic esters (lactones) is 1. The van der Waals surface area contributed by atoms with Gasteiger partial charge in [0.15, 0.2) is 0 Å². The van der Waals surface area contributed by atoms with Gasteiger partial charge in [-0.3, -0.25) is 9.69 Å². The lowest BCUT2D eigenvalue weighted by Gasteiger charge is -2.48. The second kappa shape index (κ2) is 6.74. The van der Waals surface area contributed by atoms with E-state index < -0.39 is 12.0 Å². The number of hydrogen-bond donors (Lipinski definition) is 0. The predicted octanol–water partition coefficient (Wildman–Crippen LogP) is 3.15. The van der Waals surface area contributed by atoms with Crippen molar-refractivity contribution in [3.05, 3.63) is 71.3 Å². The Hall–Kier alpha value is -2.66. The molecule has 2 saturated heterocycles. The van der Waals surface area contributed by atoms with E-state index in [9.17, 15) is 9.59 Å². The highest BCUT2D eigenvalue weighted by Crippen LogP contribution is 2.46. The summed E-state index contributed by atoms with van der Waals surface area (Å²) >= 11 is 0. The molecule has 5 rings (SSSR count). The largest absolute Gasteiger partial charge is 0.461 e. The quantitative estimate of drug-likeness (QED) is 0.753. The van der Waals surface area contributed by atoms with Crippen LogP contribution in [-0.4, -0.2) is 41.6 Å². The third-order valence-electron chi connectivity index (χ3n) is 6.38. The fraction of sp³-hybridized carbons (Fsp3) is 0.391. The van der Waals surface area contributed by atoms with Gasteiger partial charge in [-0.25, -0.2) is 4.79 Å². The van der Waals surface area contributed by atoms with Crippen LogP contribution in [0.15, 0.2) is 54.6 Å². The fourth-order valence-electron chi connectivity index (χ4n) is 5.17. The minimum Gasteiger partial charge on any atom is -0.461 e. The van der Waals surface area contributed by atoms with Crippen molar-refractivity contribution in [3.8, 4) is 0 Å². The van der Waals surface area contributed by atoms with Crippen LogP contribution in [0.5, 0.6) is 0 Å². The van der Waals surface area contributed by atoms with Crippen LogP contribution in [0, 0.1) is 5.92 Å². The van der Waals surface area contributed by atoms with E-state index in [0.29, 0.717) is 12.0 Å². The van der Waals surface area contributed by atoms with Gasteiger partial charge in [0.25, 0.3) is 0 Å². The minimum atomic E-state index is -0.484. The van der Waals surface area contributed by atoms with Gasteiger partial charge in [0, 0.05) is 19.0 Å². The molecule has 0 bridgehead atoms. The number of carbonyl (C=O) groups excluding carboxylic acids is 2. The topological polar surface area (TPSA) is 55.8 Å². The molecule has 0 aliphatic carbocycles. The van der Waals surface area contributed by atoms with Crippen LogP contribution in [0.1, 0.15) is 40.9 Å². The molecule has 5 unspecified atom stereocenters. The van der Waals surface area contributed by atoms with E-state index >= 15 is 0 Å². The maximum Gasteiger partial charge on any atom is 0.338 e. The first-order valence-corrected chi connectivity index (χ1v) is 9.93. The molecule has 28 heavy (non-hydrogen) atoms. The summed E-state index contributed by atoms with van der Waals surface area (Å²) in [6.07, 6.45) is 0.884. The average Bonchev–Trinajstić information content (AvgIpc) is 3.03. The Bertz CT molecular complexity index is 912. The van der Waals surface area contributed by atoms with Crippen LogP contribution in [-0.2, 0) is 20.7 Å². The molecule has 0 radical (unpaired) electrons. The Labute approximate surface area is 164 Å². The molecule has 5 heteroatoms. The smallest absolute Gasteiger partial charge is 0.338 e. The average molecular weight is 377 g/mol. The Morgan fingerprint density at radius 1 is 1.11 bits per heavy atom. The number of nitrogens with zero attached hydrogens (tertiary/aromatic N) is 1. The van der Waals surface area contributed by atoms with Gasteiger partial charge in [0.05, 0.1) is 11.6 Å². The first kappa shape index (κ1) is 17.4. The number of benzene rings is 2. The van der Waals surface area contributed by atoms with Crippen LogP contribution in [0.25, 0.3) is 0 Å². The lowest BCUT2D eigenvalue weighted by Crippen LogP contribution is -2.57. The van der Waals surface area contributed by atoms with E-state index in [2.05, 4.69) is 29.2 Å². The van der Waals surface area contributed by atoms with Crippen LogP contribution in [0.3, 0.4) is 0 Å². The fourth-order valence-corrected chi connectivity index (χ4v) is 5.17. The first-order chi connectivity index (χ1) is 13.6. The van der Waals surface area contributed by atoms with Crippen LogP contribution < -0.4 is 0 Å². The van der Waals surface area contributed by atoms with Crippen molar-refractivity contribution in [1.29, 1.82) is 0 Å². The van der Waals surface area contributed by atoms with Crippen molar-refractivity contribution in [3.63, 3.8) is 0 Å². The summed E-state index contributed by atoms with van der Waals surface area (Å²) in [6.45, 7) is 2.84. The van der Waals surface area contributed by atoms with Crippen molar-refractivity contribution >= 4 is 11.9 Å². The first-order valence-electron chi connectivity index (χ1n) is 9.93.